The molecule has 212 valence electrons. The van der Waals surface area contributed by atoms with Crippen LogP contribution in [0.3, 0.4) is 0 Å². The molecule has 3 N–H and O–H groups in total. The van der Waals surface area contributed by atoms with Gasteiger partial charge in [0.15, 0.2) is 5.82 Å². The van der Waals surface area contributed by atoms with Gasteiger partial charge in [0.25, 0.3) is 5.91 Å². The standard InChI is InChI=1S/C30H28N8O3S/c1-31-30(40)19-8-9-22-25(12-19)38(29(34-22)18-6-7-20-15-33-36-23(20)11-18)24(17-4-5-17)14-27(39)32-16-28-35-26(37-41-28)13-21-3-2-10-42-21/h2-3,6-12,15,17,24H,4-5,13-14,16H2,1H3,(H,31,40)(H,32,39)(H,33,36). The van der Waals surface area contributed by atoms with Crippen molar-refractivity contribution < 1.29 is 14.1 Å². The summed E-state index contributed by atoms with van der Waals surface area (Å²) in [5, 5.41) is 19.9. The second-order valence-corrected chi connectivity index (χ2v) is 11.5. The van der Waals surface area contributed by atoms with Crippen LogP contribution in [-0.2, 0) is 17.8 Å². The van der Waals surface area contributed by atoms with Crippen LogP contribution in [0.25, 0.3) is 33.3 Å². The predicted octanol–water partition coefficient (Wildman–Crippen LogP) is 4.63. The minimum Gasteiger partial charge on any atom is -0.355 e. The van der Waals surface area contributed by atoms with E-state index in [0.29, 0.717) is 29.6 Å². The summed E-state index contributed by atoms with van der Waals surface area (Å²) in [6.45, 7) is 0.155. The van der Waals surface area contributed by atoms with Gasteiger partial charge in [-0.1, -0.05) is 23.4 Å². The topological polar surface area (TPSA) is 144 Å². The first-order valence-electron chi connectivity index (χ1n) is 13.8. The molecule has 42 heavy (non-hydrogen) atoms. The number of nitrogens with zero attached hydrogens (tertiary/aromatic N) is 5. The first-order chi connectivity index (χ1) is 20.6. The number of fused-ring (bicyclic) bond motifs is 2. The number of benzene rings is 2. The molecule has 2 amide bonds. The Labute approximate surface area is 244 Å². The molecular weight excluding hydrogens is 552 g/mol. The molecule has 4 aromatic heterocycles. The molecule has 0 aliphatic heterocycles. The van der Waals surface area contributed by atoms with Gasteiger partial charge in [0.2, 0.25) is 11.8 Å². The number of rotatable bonds is 10. The number of carbonyl (C=O) groups excluding carboxylic acids is 2. The van der Waals surface area contributed by atoms with Gasteiger partial charge in [-0.15, -0.1) is 11.3 Å². The van der Waals surface area contributed by atoms with Crippen LogP contribution in [0.1, 0.15) is 52.3 Å². The van der Waals surface area contributed by atoms with E-state index < -0.39 is 0 Å². The summed E-state index contributed by atoms with van der Waals surface area (Å²) >= 11 is 1.64. The molecule has 0 bridgehead atoms. The van der Waals surface area contributed by atoms with Gasteiger partial charge in [-0.25, -0.2) is 4.98 Å². The fourth-order valence-electron chi connectivity index (χ4n) is 5.38. The summed E-state index contributed by atoms with van der Waals surface area (Å²) in [4.78, 5) is 36.5. The van der Waals surface area contributed by atoms with Crippen molar-refractivity contribution in [2.45, 2.75) is 38.3 Å². The maximum atomic E-state index is 13.4. The summed E-state index contributed by atoms with van der Waals surface area (Å²) in [6, 6.07) is 15.4. The molecule has 1 aliphatic carbocycles. The highest BCUT2D eigenvalue weighted by Crippen LogP contribution is 2.45. The quantitative estimate of drug-likeness (QED) is 0.214. The van der Waals surface area contributed by atoms with E-state index in [2.05, 4.69) is 35.5 Å². The average molecular weight is 581 g/mol. The van der Waals surface area contributed by atoms with Gasteiger partial charge in [-0.3, -0.25) is 14.7 Å². The number of aromatic nitrogens is 6. The SMILES string of the molecule is CNC(=O)c1ccc2nc(-c3ccc4cn[nH]c4c3)n(C(CC(=O)NCc3nc(Cc4cccs4)no3)C3CC3)c2c1. The van der Waals surface area contributed by atoms with Crippen LogP contribution in [0.5, 0.6) is 0 Å². The Morgan fingerprint density at radius 2 is 2.07 bits per heavy atom. The zero-order chi connectivity index (χ0) is 28.6. The van der Waals surface area contributed by atoms with E-state index in [1.54, 1.807) is 30.6 Å². The van der Waals surface area contributed by atoms with Crippen molar-refractivity contribution in [3.63, 3.8) is 0 Å². The second-order valence-electron chi connectivity index (χ2n) is 10.5. The van der Waals surface area contributed by atoms with Crippen LogP contribution in [0.4, 0.5) is 0 Å². The number of hydrogen-bond acceptors (Lipinski definition) is 8. The van der Waals surface area contributed by atoms with Gasteiger partial charge < -0.3 is 19.7 Å². The number of nitrogens with one attached hydrogen (secondary N) is 3. The molecule has 4 heterocycles. The molecule has 2 aromatic carbocycles. The highest BCUT2D eigenvalue weighted by atomic mass is 32.1. The van der Waals surface area contributed by atoms with Crippen molar-refractivity contribution >= 4 is 45.1 Å². The summed E-state index contributed by atoms with van der Waals surface area (Å²) < 4.78 is 7.52. The third-order valence-corrected chi connectivity index (χ3v) is 8.51. The number of carbonyl (C=O) groups is 2. The third-order valence-electron chi connectivity index (χ3n) is 7.63. The Kier molecular flexibility index (Phi) is 6.74. The van der Waals surface area contributed by atoms with E-state index in [4.69, 9.17) is 9.51 Å². The van der Waals surface area contributed by atoms with E-state index >= 15 is 0 Å². The number of amides is 2. The molecule has 1 unspecified atom stereocenters. The molecular formula is C30H28N8O3S. The number of aromatic amines is 1. The third kappa shape index (κ3) is 5.16. The summed E-state index contributed by atoms with van der Waals surface area (Å²) in [6.07, 6.45) is 4.65. The van der Waals surface area contributed by atoms with Gasteiger partial charge in [0.1, 0.15) is 5.82 Å². The van der Waals surface area contributed by atoms with E-state index in [0.717, 1.165) is 51.0 Å². The molecule has 1 fully saturated rings. The lowest BCUT2D eigenvalue weighted by Gasteiger charge is -2.22. The Bertz CT molecular complexity index is 1900. The van der Waals surface area contributed by atoms with Crippen molar-refractivity contribution in [2.75, 3.05) is 7.05 Å². The van der Waals surface area contributed by atoms with Crippen LogP contribution in [0.2, 0.25) is 0 Å². The maximum absolute atomic E-state index is 13.4. The van der Waals surface area contributed by atoms with E-state index in [1.165, 1.54) is 0 Å². The van der Waals surface area contributed by atoms with Gasteiger partial charge >= 0.3 is 0 Å². The zero-order valence-corrected chi connectivity index (χ0v) is 23.6. The molecule has 12 heteroatoms. The molecule has 7 rings (SSSR count). The summed E-state index contributed by atoms with van der Waals surface area (Å²) in [5.41, 5.74) is 3.92. The van der Waals surface area contributed by atoms with Gasteiger partial charge in [0.05, 0.1) is 29.3 Å². The number of H-pyrrole nitrogens is 1. The summed E-state index contributed by atoms with van der Waals surface area (Å²) in [7, 11) is 1.61. The molecule has 0 spiro atoms. The lowest BCUT2D eigenvalue weighted by Crippen LogP contribution is -2.27. The lowest BCUT2D eigenvalue weighted by molar-refractivity contribution is -0.122. The van der Waals surface area contributed by atoms with Crippen LogP contribution in [-0.4, -0.2) is 48.8 Å². The fraction of sp³-hybridized carbons (Fsp3) is 0.267. The second kappa shape index (κ2) is 10.9. The molecule has 1 atom stereocenters. The predicted molar refractivity (Wildman–Crippen MR) is 158 cm³/mol. The van der Waals surface area contributed by atoms with Gasteiger partial charge in [-0.05, 0) is 54.5 Å². The van der Waals surface area contributed by atoms with Crippen molar-refractivity contribution in [1.82, 2.24) is 40.5 Å². The Balaban J connectivity index is 1.19. The molecule has 6 aromatic rings. The Morgan fingerprint density at radius 1 is 1.17 bits per heavy atom. The molecule has 1 saturated carbocycles. The minimum atomic E-state index is -0.177. The first kappa shape index (κ1) is 26.1. The van der Waals surface area contributed by atoms with Crippen LogP contribution >= 0.6 is 11.3 Å². The van der Waals surface area contributed by atoms with E-state index in [1.807, 2.05) is 47.8 Å². The van der Waals surface area contributed by atoms with Gasteiger partial charge in [0, 0.05) is 47.3 Å². The van der Waals surface area contributed by atoms with Crippen molar-refractivity contribution in [2.24, 2.45) is 5.92 Å². The van der Waals surface area contributed by atoms with Crippen LogP contribution in [0.15, 0.2) is 64.6 Å². The molecule has 0 radical (unpaired) electrons. The van der Waals surface area contributed by atoms with Crippen LogP contribution < -0.4 is 10.6 Å². The normalized spacial score (nSPS) is 13.9. The monoisotopic (exact) mass is 580 g/mol. The largest absolute Gasteiger partial charge is 0.355 e. The smallest absolute Gasteiger partial charge is 0.251 e. The van der Waals surface area contributed by atoms with E-state index in [9.17, 15) is 9.59 Å². The van der Waals surface area contributed by atoms with Gasteiger partial charge in [-0.2, -0.15) is 10.1 Å². The zero-order valence-electron chi connectivity index (χ0n) is 22.8. The number of hydrogen-bond donors (Lipinski definition) is 3. The first-order valence-corrected chi connectivity index (χ1v) is 14.7. The van der Waals surface area contributed by atoms with Crippen LogP contribution in [0, 0.1) is 5.92 Å². The van der Waals surface area contributed by atoms with Crippen molar-refractivity contribution in [3.8, 4) is 11.4 Å². The Morgan fingerprint density at radius 3 is 2.88 bits per heavy atom. The van der Waals surface area contributed by atoms with Crippen molar-refractivity contribution in [3.05, 3.63) is 82.3 Å². The fourth-order valence-corrected chi connectivity index (χ4v) is 6.08. The summed E-state index contributed by atoms with van der Waals surface area (Å²) in [5.74, 6) is 1.72. The maximum Gasteiger partial charge on any atom is 0.251 e. The Hall–Kier alpha value is -4.84. The highest BCUT2D eigenvalue weighted by molar-refractivity contribution is 7.09. The van der Waals surface area contributed by atoms with Crippen molar-refractivity contribution in [1.29, 1.82) is 0 Å². The number of thiophene rings is 1. The lowest BCUT2D eigenvalue weighted by atomic mass is 10.1. The molecule has 11 nitrogen and oxygen atoms in total. The highest BCUT2D eigenvalue weighted by Gasteiger charge is 2.36. The van der Waals surface area contributed by atoms with E-state index in [-0.39, 0.29) is 30.8 Å². The minimum absolute atomic E-state index is 0.121. The molecule has 0 saturated heterocycles. The molecule has 1 aliphatic rings. The number of imidazole rings is 1. The average Bonchev–Trinajstić information content (AvgIpc) is 3.40.